The minimum absolute atomic E-state index is 0.118. The molecule has 0 radical (unpaired) electrons. The monoisotopic (exact) mass is 293 g/mol. The number of nitrogens with one attached hydrogen (secondary N) is 1. The van der Waals surface area contributed by atoms with Gasteiger partial charge in [-0.2, -0.15) is 0 Å². The van der Waals surface area contributed by atoms with Crippen LogP contribution in [0, 0.1) is 10.1 Å². The molecule has 1 amide bonds. The van der Waals surface area contributed by atoms with Crippen molar-refractivity contribution in [3.63, 3.8) is 0 Å². The summed E-state index contributed by atoms with van der Waals surface area (Å²) in [7, 11) is 1.58. The van der Waals surface area contributed by atoms with E-state index in [-0.39, 0.29) is 11.4 Å². The zero-order chi connectivity index (χ0) is 14.7. The van der Waals surface area contributed by atoms with Gasteiger partial charge in [-0.25, -0.2) is 0 Å². The highest BCUT2D eigenvalue weighted by Crippen LogP contribution is 2.18. The number of carbonyl (C=O) groups is 1. The zero-order valence-corrected chi connectivity index (χ0v) is 11.4. The second-order valence-corrected chi connectivity index (χ2v) is 4.51. The summed E-state index contributed by atoms with van der Waals surface area (Å²) in [6.45, 7) is 0. The summed E-state index contributed by atoms with van der Waals surface area (Å²) in [4.78, 5) is 22.2. The molecule has 2 aromatic rings. The highest BCUT2D eigenvalue weighted by molar-refractivity contribution is 6.17. The van der Waals surface area contributed by atoms with Gasteiger partial charge in [-0.05, 0) is 17.7 Å². The lowest BCUT2D eigenvalue weighted by molar-refractivity contribution is -0.384. The van der Waals surface area contributed by atoms with E-state index in [1.165, 1.54) is 16.8 Å². The number of aromatic nitrogens is 1. The fourth-order valence-corrected chi connectivity index (χ4v) is 1.97. The van der Waals surface area contributed by atoms with Gasteiger partial charge < -0.3 is 9.88 Å². The number of nitrogens with zero attached hydrogens (tertiary/aromatic N) is 2. The van der Waals surface area contributed by atoms with Crippen LogP contribution < -0.4 is 5.32 Å². The van der Waals surface area contributed by atoms with Crippen LogP contribution in [0.1, 0.15) is 16.1 Å². The SMILES string of the molecule is Cn1cc([N+](=O)[O-])cc1C(=O)Nc1cccc(CCl)c1. The first-order valence-corrected chi connectivity index (χ1v) is 6.31. The second-order valence-electron chi connectivity index (χ2n) is 4.24. The first-order chi connectivity index (χ1) is 9.51. The largest absolute Gasteiger partial charge is 0.340 e. The van der Waals surface area contributed by atoms with Crippen LogP contribution >= 0.6 is 11.6 Å². The van der Waals surface area contributed by atoms with Crippen molar-refractivity contribution < 1.29 is 9.72 Å². The van der Waals surface area contributed by atoms with Gasteiger partial charge in [0.05, 0.1) is 11.1 Å². The predicted molar refractivity (Wildman–Crippen MR) is 76.0 cm³/mol. The average molecular weight is 294 g/mol. The number of hydrogen-bond acceptors (Lipinski definition) is 3. The third kappa shape index (κ3) is 2.97. The van der Waals surface area contributed by atoms with E-state index in [1.807, 2.05) is 6.07 Å². The Labute approximate surface area is 120 Å². The number of aryl methyl sites for hydroxylation is 1. The predicted octanol–water partition coefficient (Wildman–Crippen LogP) is 2.92. The number of rotatable bonds is 4. The van der Waals surface area contributed by atoms with Gasteiger partial charge >= 0.3 is 0 Å². The van der Waals surface area contributed by atoms with Gasteiger partial charge in [-0.1, -0.05) is 12.1 Å². The Morgan fingerprint density at radius 3 is 2.80 bits per heavy atom. The molecule has 0 atom stereocenters. The lowest BCUT2D eigenvalue weighted by atomic mass is 10.2. The summed E-state index contributed by atoms with van der Waals surface area (Å²) in [6, 6.07) is 8.34. The average Bonchev–Trinajstić information content (AvgIpc) is 2.81. The van der Waals surface area contributed by atoms with Crippen LogP contribution in [-0.2, 0) is 12.9 Å². The zero-order valence-electron chi connectivity index (χ0n) is 10.7. The number of amides is 1. The molecule has 0 aliphatic rings. The van der Waals surface area contributed by atoms with Crippen LogP contribution in [0.25, 0.3) is 0 Å². The summed E-state index contributed by atoms with van der Waals surface area (Å²) in [5.74, 6) is -0.0633. The number of nitro groups is 1. The van der Waals surface area contributed by atoms with Gasteiger partial charge in [-0.3, -0.25) is 14.9 Å². The smallest absolute Gasteiger partial charge is 0.287 e. The van der Waals surface area contributed by atoms with Crippen LogP contribution in [0.2, 0.25) is 0 Å². The Bertz CT molecular complexity index is 667. The Morgan fingerprint density at radius 2 is 2.20 bits per heavy atom. The van der Waals surface area contributed by atoms with Gasteiger partial charge in [0, 0.05) is 24.7 Å². The van der Waals surface area contributed by atoms with Crippen LogP contribution in [0.4, 0.5) is 11.4 Å². The van der Waals surface area contributed by atoms with Crippen LogP contribution in [0.3, 0.4) is 0 Å². The number of anilines is 1. The van der Waals surface area contributed by atoms with Gasteiger partial charge in [-0.15, -0.1) is 11.6 Å². The summed E-state index contributed by atoms with van der Waals surface area (Å²) in [5, 5.41) is 13.4. The topological polar surface area (TPSA) is 77.2 Å². The van der Waals surface area contributed by atoms with E-state index in [4.69, 9.17) is 11.6 Å². The third-order valence-electron chi connectivity index (χ3n) is 2.77. The molecule has 7 heteroatoms. The van der Waals surface area contributed by atoms with E-state index in [0.29, 0.717) is 11.6 Å². The van der Waals surface area contributed by atoms with Crippen LogP contribution in [0.5, 0.6) is 0 Å². The Morgan fingerprint density at radius 1 is 1.45 bits per heavy atom. The summed E-state index contributed by atoms with van der Waals surface area (Å²) in [6.07, 6.45) is 1.30. The molecule has 0 unspecified atom stereocenters. The summed E-state index contributed by atoms with van der Waals surface area (Å²) < 4.78 is 1.42. The van der Waals surface area contributed by atoms with Crippen molar-refractivity contribution in [2.45, 2.75) is 5.88 Å². The molecule has 0 saturated heterocycles. The number of halogens is 1. The first kappa shape index (κ1) is 14.1. The van der Waals surface area contributed by atoms with Crippen molar-refractivity contribution in [3.8, 4) is 0 Å². The number of carbonyl (C=O) groups excluding carboxylic acids is 1. The van der Waals surface area contributed by atoms with E-state index in [9.17, 15) is 14.9 Å². The minimum Gasteiger partial charge on any atom is -0.340 e. The van der Waals surface area contributed by atoms with Gasteiger partial charge in [0.25, 0.3) is 11.6 Å². The molecule has 1 N–H and O–H groups in total. The Hall–Kier alpha value is -2.34. The van der Waals surface area contributed by atoms with Gasteiger partial charge in [0.15, 0.2) is 0 Å². The summed E-state index contributed by atoms with van der Waals surface area (Å²) >= 11 is 5.72. The van der Waals surface area contributed by atoms with Crippen molar-refractivity contribution >= 4 is 28.9 Å². The Kier molecular flexibility index (Phi) is 4.05. The molecule has 0 bridgehead atoms. The molecule has 20 heavy (non-hydrogen) atoms. The number of hydrogen-bond donors (Lipinski definition) is 1. The van der Waals surface area contributed by atoms with Crippen molar-refractivity contribution in [2.75, 3.05) is 5.32 Å². The number of benzene rings is 1. The van der Waals surface area contributed by atoms with Gasteiger partial charge in [0.1, 0.15) is 5.69 Å². The van der Waals surface area contributed by atoms with Crippen LogP contribution in [-0.4, -0.2) is 15.4 Å². The minimum atomic E-state index is -0.537. The molecule has 1 aromatic heterocycles. The van der Waals surface area contributed by atoms with Crippen molar-refractivity contribution in [3.05, 3.63) is 57.9 Å². The molecular formula is C13H12ClN3O3. The molecule has 0 saturated carbocycles. The molecule has 2 rings (SSSR count). The lowest BCUT2D eigenvalue weighted by Crippen LogP contribution is -2.15. The highest BCUT2D eigenvalue weighted by Gasteiger charge is 2.17. The molecule has 0 aliphatic heterocycles. The third-order valence-corrected chi connectivity index (χ3v) is 3.08. The quantitative estimate of drug-likeness (QED) is 0.535. The van der Waals surface area contributed by atoms with E-state index in [0.717, 1.165) is 5.56 Å². The fraction of sp³-hybridized carbons (Fsp3) is 0.154. The molecule has 1 heterocycles. The maximum absolute atomic E-state index is 12.1. The molecule has 0 aliphatic carbocycles. The molecule has 0 spiro atoms. The van der Waals surface area contributed by atoms with E-state index in [1.54, 1.807) is 25.2 Å². The maximum atomic E-state index is 12.1. The lowest BCUT2D eigenvalue weighted by Gasteiger charge is -2.06. The van der Waals surface area contributed by atoms with E-state index >= 15 is 0 Å². The maximum Gasteiger partial charge on any atom is 0.287 e. The first-order valence-electron chi connectivity index (χ1n) is 5.78. The molecule has 1 aromatic carbocycles. The normalized spacial score (nSPS) is 10.3. The van der Waals surface area contributed by atoms with Gasteiger partial charge in [0.2, 0.25) is 0 Å². The molecule has 0 fully saturated rings. The van der Waals surface area contributed by atoms with Crippen LogP contribution in [0.15, 0.2) is 36.5 Å². The summed E-state index contributed by atoms with van der Waals surface area (Å²) in [5.41, 5.74) is 1.57. The standard InChI is InChI=1S/C13H12ClN3O3/c1-16-8-11(17(19)20)6-12(16)13(18)15-10-4-2-3-9(5-10)7-14/h2-6,8H,7H2,1H3,(H,15,18). The number of alkyl halides is 1. The van der Waals surface area contributed by atoms with Crippen molar-refractivity contribution in [2.24, 2.45) is 7.05 Å². The second kappa shape index (κ2) is 5.75. The van der Waals surface area contributed by atoms with E-state index < -0.39 is 10.8 Å². The molecule has 6 nitrogen and oxygen atoms in total. The van der Waals surface area contributed by atoms with E-state index in [2.05, 4.69) is 5.32 Å². The van der Waals surface area contributed by atoms with Crippen molar-refractivity contribution in [1.29, 1.82) is 0 Å². The molecule has 104 valence electrons. The molecular weight excluding hydrogens is 282 g/mol. The highest BCUT2D eigenvalue weighted by atomic mass is 35.5. The Balaban J connectivity index is 2.21. The van der Waals surface area contributed by atoms with Crippen molar-refractivity contribution in [1.82, 2.24) is 4.57 Å². The fourth-order valence-electron chi connectivity index (χ4n) is 1.80.